The van der Waals surface area contributed by atoms with Crippen molar-refractivity contribution in [2.45, 2.75) is 0 Å². The molecule has 0 unspecified atom stereocenters. The van der Waals surface area contributed by atoms with Crippen LogP contribution in [-0.4, -0.2) is 20.9 Å². The van der Waals surface area contributed by atoms with Crippen LogP contribution in [-0.2, 0) is 0 Å². The molecular weight excluding hydrogens is 324 g/mol. The molecule has 5 nitrogen and oxygen atoms in total. The molecule has 3 aromatic carbocycles. The smallest absolute Gasteiger partial charge is 0.139 e. The molecule has 1 heterocycles. The minimum Gasteiger partial charge on any atom is -0.410 e. The van der Waals surface area contributed by atoms with Crippen LogP contribution >= 0.6 is 0 Å². The number of nitrogens with zero attached hydrogens (tertiary/aromatic N) is 3. The molecule has 0 atom stereocenters. The normalized spacial score (nSPS) is 13.6. The number of hydrogen-bond donors (Lipinski definition) is 2. The van der Waals surface area contributed by atoms with Gasteiger partial charge >= 0.3 is 0 Å². The maximum Gasteiger partial charge on any atom is 0.139 e. The first-order chi connectivity index (χ1) is 12.8. The van der Waals surface area contributed by atoms with Gasteiger partial charge in [-0.1, -0.05) is 41.6 Å². The van der Waals surface area contributed by atoms with Gasteiger partial charge in [-0.3, -0.25) is 0 Å². The van der Waals surface area contributed by atoms with Crippen LogP contribution in [0.5, 0.6) is 0 Å². The van der Waals surface area contributed by atoms with Gasteiger partial charge < -0.3 is 10.2 Å². The lowest BCUT2D eigenvalue weighted by Gasteiger charge is -2.06. The van der Waals surface area contributed by atoms with E-state index in [2.05, 4.69) is 16.2 Å². The quantitative estimate of drug-likeness (QED) is 0.353. The summed E-state index contributed by atoms with van der Waals surface area (Å²) in [6.45, 7) is 0. The maximum absolute atomic E-state index is 9.58. The first-order valence-corrected chi connectivity index (χ1v) is 8.15. The Morgan fingerprint density at radius 3 is 2.58 bits per heavy atom. The highest BCUT2D eigenvalue weighted by Crippen LogP contribution is 2.43. The molecule has 0 fully saturated rings. The zero-order chi connectivity index (χ0) is 17.7. The Hall–Kier alpha value is -3.91. The molecule has 0 saturated heterocycles. The van der Waals surface area contributed by atoms with Crippen LogP contribution in [0.2, 0.25) is 0 Å². The monoisotopic (exact) mass is 336 g/mol. The predicted octanol–water partition coefficient (Wildman–Crippen LogP) is 4.31. The number of benzene rings is 3. The SMILES string of the molecule is N#Cc1ccc2c(c1)/C(=N/O)c1cccc(-c3nc4ccccc4[nH]3)c1-2. The standard InChI is InChI=1S/C21H12N4O/c22-11-12-8-9-13-16(10-12)20(25-26)14-4-3-5-15(19(13)14)21-23-17-6-1-2-7-18(17)24-21/h1-10,26H,(H,23,24)/b25-20+. The van der Waals surface area contributed by atoms with E-state index < -0.39 is 0 Å². The number of para-hydroxylation sites is 2. The van der Waals surface area contributed by atoms with Crippen molar-refractivity contribution in [2.75, 3.05) is 0 Å². The van der Waals surface area contributed by atoms with Crippen molar-refractivity contribution in [3.63, 3.8) is 0 Å². The number of aromatic amines is 1. The van der Waals surface area contributed by atoms with Gasteiger partial charge in [-0.05, 0) is 29.8 Å². The van der Waals surface area contributed by atoms with Gasteiger partial charge in [0.25, 0.3) is 0 Å². The first-order valence-electron chi connectivity index (χ1n) is 8.15. The second-order valence-corrected chi connectivity index (χ2v) is 6.15. The van der Waals surface area contributed by atoms with Crippen molar-refractivity contribution < 1.29 is 5.21 Å². The summed E-state index contributed by atoms with van der Waals surface area (Å²) in [5, 5.41) is 22.3. The summed E-state index contributed by atoms with van der Waals surface area (Å²) in [5.41, 5.74) is 7.28. The summed E-state index contributed by atoms with van der Waals surface area (Å²) < 4.78 is 0. The van der Waals surface area contributed by atoms with E-state index in [0.29, 0.717) is 11.3 Å². The van der Waals surface area contributed by atoms with E-state index in [1.54, 1.807) is 12.1 Å². The summed E-state index contributed by atoms with van der Waals surface area (Å²) in [4.78, 5) is 8.07. The molecule has 5 heteroatoms. The molecule has 4 aromatic rings. The Kier molecular flexibility index (Phi) is 2.94. The molecular formula is C21H12N4O. The molecule has 0 bridgehead atoms. The fraction of sp³-hybridized carbons (Fsp3) is 0. The second-order valence-electron chi connectivity index (χ2n) is 6.15. The van der Waals surface area contributed by atoms with Crippen LogP contribution in [0.4, 0.5) is 0 Å². The molecule has 26 heavy (non-hydrogen) atoms. The minimum absolute atomic E-state index is 0.477. The summed E-state index contributed by atoms with van der Waals surface area (Å²) in [5.74, 6) is 0.762. The number of nitrogens with one attached hydrogen (secondary N) is 1. The van der Waals surface area contributed by atoms with Gasteiger partial charge in [0.2, 0.25) is 0 Å². The topological polar surface area (TPSA) is 85.1 Å². The summed E-state index contributed by atoms with van der Waals surface area (Å²) >= 11 is 0. The highest BCUT2D eigenvalue weighted by molar-refractivity contribution is 6.26. The van der Waals surface area contributed by atoms with E-state index in [1.165, 1.54) is 0 Å². The number of H-pyrrole nitrogens is 1. The van der Waals surface area contributed by atoms with Gasteiger partial charge in [0, 0.05) is 22.3 Å². The van der Waals surface area contributed by atoms with Gasteiger partial charge in [0.1, 0.15) is 11.5 Å². The number of fused-ring (bicyclic) bond motifs is 4. The zero-order valence-corrected chi connectivity index (χ0v) is 13.6. The van der Waals surface area contributed by atoms with Crippen molar-refractivity contribution in [2.24, 2.45) is 5.16 Å². The highest BCUT2D eigenvalue weighted by Gasteiger charge is 2.29. The second kappa shape index (κ2) is 5.30. The van der Waals surface area contributed by atoms with Crippen LogP contribution in [0.15, 0.2) is 65.8 Å². The Bertz CT molecular complexity index is 1230. The van der Waals surface area contributed by atoms with E-state index in [0.717, 1.165) is 44.7 Å². The van der Waals surface area contributed by atoms with Crippen molar-refractivity contribution in [1.29, 1.82) is 5.26 Å². The van der Waals surface area contributed by atoms with E-state index in [1.807, 2.05) is 48.5 Å². The Labute approximate surface area is 148 Å². The third kappa shape index (κ3) is 1.90. The van der Waals surface area contributed by atoms with Crippen molar-refractivity contribution >= 4 is 16.7 Å². The lowest BCUT2D eigenvalue weighted by Crippen LogP contribution is -1.98. The van der Waals surface area contributed by atoms with E-state index in [4.69, 9.17) is 4.98 Å². The summed E-state index contributed by atoms with van der Waals surface area (Å²) in [6.07, 6.45) is 0. The summed E-state index contributed by atoms with van der Waals surface area (Å²) in [6, 6.07) is 21.3. The number of imidazole rings is 1. The first kappa shape index (κ1) is 14.4. The number of rotatable bonds is 1. The average molecular weight is 336 g/mol. The van der Waals surface area contributed by atoms with Crippen molar-refractivity contribution in [3.05, 3.63) is 77.4 Å². The van der Waals surface area contributed by atoms with Crippen molar-refractivity contribution in [1.82, 2.24) is 9.97 Å². The third-order valence-electron chi connectivity index (χ3n) is 4.74. The van der Waals surface area contributed by atoms with Gasteiger partial charge in [-0.2, -0.15) is 5.26 Å². The fourth-order valence-corrected chi connectivity index (χ4v) is 3.60. The molecule has 0 radical (unpaired) electrons. The number of hydrogen-bond acceptors (Lipinski definition) is 4. The lowest BCUT2D eigenvalue weighted by molar-refractivity contribution is 0.320. The van der Waals surface area contributed by atoms with Crippen LogP contribution < -0.4 is 0 Å². The van der Waals surface area contributed by atoms with Gasteiger partial charge in [0.05, 0.1) is 22.7 Å². The van der Waals surface area contributed by atoms with Crippen molar-refractivity contribution in [3.8, 4) is 28.6 Å². The number of oxime groups is 1. The molecule has 0 aliphatic heterocycles. The maximum atomic E-state index is 9.58. The predicted molar refractivity (Wildman–Crippen MR) is 99.1 cm³/mol. The molecule has 1 aliphatic rings. The number of nitriles is 1. The molecule has 0 amide bonds. The molecule has 0 saturated carbocycles. The van der Waals surface area contributed by atoms with E-state index >= 15 is 0 Å². The lowest BCUT2D eigenvalue weighted by atomic mass is 9.98. The van der Waals surface area contributed by atoms with E-state index in [9.17, 15) is 10.5 Å². The molecule has 2 N–H and O–H groups in total. The number of aromatic nitrogens is 2. The highest BCUT2D eigenvalue weighted by atomic mass is 16.4. The van der Waals surface area contributed by atoms with Crippen LogP contribution in [0.3, 0.4) is 0 Å². The van der Waals surface area contributed by atoms with Crippen LogP contribution in [0, 0.1) is 11.3 Å². The Morgan fingerprint density at radius 1 is 0.923 bits per heavy atom. The van der Waals surface area contributed by atoms with E-state index in [-0.39, 0.29) is 0 Å². The van der Waals surface area contributed by atoms with Gasteiger partial charge in [-0.15, -0.1) is 0 Å². The average Bonchev–Trinajstić information content (AvgIpc) is 3.25. The Morgan fingerprint density at radius 2 is 1.77 bits per heavy atom. The molecule has 122 valence electrons. The van der Waals surface area contributed by atoms with Gasteiger partial charge in [0.15, 0.2) is 0 Å². The van der Waals surface area contributed by atoms with Gasteiger partial charge in [-0.25, -0.2) is 4.98 Å². The summed E-state index contributed by atoms with van der Waals surface area (Å²) in [7, 11) is 0. The molecule has 1 aliphatic carbocycles. The minimum atomic E-state index is 0.477. The largest absolute Gasteiger partial charge is 0.410 e. The fourth-order valence-electron chi connectivity index (χ4n) is 3.60. The van der Waals surface area contributed by atoms with Crippen LogP contribution in [0.25, 0.3) is 33.5 Å². The molecule has 0 spiro atoms. The molecule has 5 rings (SSSR count). The van der Waals surface area contributed by atoms with Crippen LogP contribution in [0.1, 0.15) is 16.7 Å². The third-order valence-corrected chi connectivity index (χ3v) is 4.74. The zero-order valence-electron chi connectivity index (χ0n) is 13.6. The Balaban J connectivity index is 1.82. The molecule has 1 aromatic heterocycles.